The fourth-order valence-corrected chi connectivity index (χ4v) is 1.13. The van der Waals surface area contributed by atoms with Gasteiger partial charge < -0.3 is 10.8 Å². The SMILES string of the molecule is CCCCCC(N)C(C)(C)C(=O)O. The minimum Gasteiger partial charge on any atom is -0.481 e. The fraction of sp³-hybridized carbons (Fsp3) is 0.900. The van der Waals surface area contributed by atoms with Gasteiger partial charge in [0, 0.05) is 6.04 Å². The average molecular weight is 187 g/mol. The normalized spacial score (nSPS) is 14.2. The van der Waals surface area contributed by atoms with Crippen LogP contribution in [0.4, 0.5) is 0 Å². The number of rotatable bonds is 6. The van der Waals surface area contributed by atoms with Crippen LogP contribution in [-0.4, -0.2) is 17.1 Å². The Labute approximate surface area is 80.3 Å². The summed E-state index contributed by atoms with van der Waals surface area (Å²) in [5, 5.41) is 8.89. The van der Waals surface area contributed by atoms with Gasteiger partial charge in [-0.15, -0.1) is 0 Å². The maximum absolute atomic E-state index is 10.8. The largest absolute Gasteiger partial charge is 0.481 e. The zero-order chi connectivity index (χ0) is 10.5. The third kappa shape index (κ3) is 3.77. The van der Waals surface area contributed by atoms with Crippen molar-refractivity contribution in [3.05, 3.63) is 0 Å². The molecule has 13 heavy (non-hydrogen) atoms. The van der Waals surface area contributed by atoms with Crippen LogP contribution < -0.4 is 5.73 Å². The molecule has 0 aromatic rings. The maximum Gasteiger partial charge on any atom is 0.310 e. The summed E-state index contributed by atoms with van der Waals surface area (Å²) in [5.74, 6) is -0.809. The van der Waals surface area contributed by atoms with Crippen LogP contribution in [0.25, 0.3) is 0 Å². The molecule has 0 heterocycles. The van der Waals surface area contributed by atoms with E-state index in [0.29, 0.717) is 0 Å². The van der Waals surface area contributed by atoms with Crippen LogP contribution in [0.5, 0.6) is 0 Å². The molecule has 3 nitrogen and oxygen atoms in total. The van der Waals surface area contributed by atoms with Crippen LogP contribution >= 0.6 is 0 Å². The van der Waals surface area contributed by atoms with Gasteiger partial charge in [0.25, 0.3) is 0 Å². The summed E-state index contributed by atoms with van der Waals surface area (Å²) < 4.78 is 0. The number of hydrogen-bond donors (Lipinski definition) is 2. The van der Waals surface area contributed by atoms with Crippen molar-refractivity contribution >= 4 is 5.97 Å². The number of nitrogens with two attached hydrogens (primary N) is 1. The van der Waals surface area contributed by atoms with E-state index in [4.69, 9.17) is 10.8 Å². The van der Waals surface area contributed by atoms with Gasteiger partial charge in [-0.1, -0.05) is 26.2 Å². The highest BCUT2D eigenvalue weighted by Gasteiger charge is 2.33. The number of aliphatic carboxylic acids is 1. The van der Waals surface area contributed by atoms with Gasteiger partial charge in [-0.2, -0.15) is 0 Å². The Hall–Kier alpha value is -0.570. The van der Waals surface area contributed by atoms with Crippen LogP contribution in [0.3, 0.4) is 0 Å². The highest BCUT2D eigenvalue weighted by atomic mass is 16.4. The van der Waals surface area contributed by atoms with Crippen molar-refractivity contribution in [1.82, 2.24) is 0 Å². The summed E-state index contributed by atoms with van der Waals surface area (Å²) in [6.07, 6.45) is 4.09. The zero-order valence-corrected chi connectivity index (χ0v) is 8.84. The molecule has 3 N–H and O–H groups in total. The Balaban J connectivity index is 3.94. The third-order valence-electron chi connectivity index (χ3n) is 2.60. The lowest BCUT2D eigenvalue weighted by Gasteiger charge is -2.26. The second-order valence-corrected chi connectivity index (χ2v) is 4.13. The number of carboxylic acids is 1. The molecule has 0 aromatic heterocycles. The Morgan fingerprint density at radius 2 is 2.00 bits per heavy atom. The van der Waals surface area contributed by atoms with Crippen molar-refractivity contribution in [2.24, 2.45) is 11.1 Å². The molecular weight excluding hydrogens is 166 g/mol. The third-order valence-corrected chi connectivity index (χ3v) is 2.60. The predicted molar refractivity (Wildman–Crippen MR) is 53.5 cm³/mol. The number of unbranched alkanes of at least 4 members (excludes halogenated alkanes) is 2. The Kier molecular flexibility index (Phi) is 4.99. The van der Waals surface area contributed by atoms with Crippen molar-refractivity contribution in [3.63, 3.8) is 0 Å². The topological polar surface area (TPSA) is 63.3 Å². The molecule has 0 aromatic carbocycles. The molecule has 0 radical (unpaired) electrons. The van der Waals surface area contributed by atoms with Crippen LogP contribution in [0.15, 0.2) is 0 Å². The quantitative estimate of drug-likeness (QED) is 0.625. The Morgan fingerprint density at radius 1 is 1.46 bits per heavy atom. The first kappa shape index (κ1) is 12.4. The lowest BCUT2D eigenvalue weighted by molar-refractivity contribution is -0.148. The molecule has 1 unspecified atom stereocenters. The number of carbonyl (C=O) groups is 1. The van der Waals surface area contributed by atoms with Crippen LogP contribution in [0.1, 0.15) is 46.5 Å². The molecule has 0 fully saturated rings. The first-order valence-electron chi connectivity index (χ1n) is 4.92. The molecular formula is C10H21NO2. The van der Waals surface area contributed by atoms with Crippen molar-refractivity contribution in [2.75, 3.05) is 0 Å². The van der Waals surface area contributed by atoms with Gasteiger partial charge in [-0.25, -0.2) is 0 Å². The molecule has 78 valence electrons. The van der Waals surface area contributed by atoms with E-state index in [9.17, 15) is 4.79 Å². The maximum atomic E-state index is 10.8. The van der Waals surface area contributed by atoms with Gasteiger partial charge >= 0.3 is 5.97 Å². The zero-order valence-electron chi connectivity index (χ0n) is 8.84. The summed E-state index contributed by atoms with van der Waals surface area (Å²) in [4.78, 5) is 10.8. The van der Waals surface area contributed by atoms with E-state index < -0.39 is 11.4 Å². The predicted octanol–water partition coefficient (Wildman–Crippen LogP) is 2.00. The van der Waals surface area contributed by atoms with E-state index in [1.807, 2.05) is 0 Å². The van der Waals surface area contributed by atoms with E-state index in [1.165, 1.54) is 0 Å². The molecule has 0 aliphatic rings. The standard InChI is InChI=1S/C10H21NO2/c1-4-5-6-7-8(11)10(2,3)9(12)13/h8H,4-7,11H2,1-3H3,(H,12,13). The van der Waals surface area contributed by atoms with Gasteiger partial charge in [0.15, 0.2) is 0 Å². The second kappa shape index (κ2) is 5.22. The van der Waals surface area contributed by atoms with Crippen LogP contribution in [0.2, 0.25) is 0 Å². The van der Waals surface area contributed by atoms with E-state index in [2.05, 4.69) is 6.92 Å². The highest BCUT2D eigenvalue weighted by molar-refractivity contribution is 5.74. The molecule has 0 aliphatic carbocycles. The van der Waals surface area contributed by atoms with Crippen LogP contribution in [-0.2, 0) is 4.79 Å². The molecule has 3 heteroatoms. The summed E-state index contributed by atoms with van der Waals surface area (Å²) >= 11 is 0. The first-order valence-corrected chi connectivity index (χ1v) is 4.92. The molecule has 0 spiro atoms. The molecule has 0 amide bonds. The number of hydrogen-bond acceptors (Lipinski definition) is 2. The Morgan fingerprint density at radius 3 is 2.38 bits per heavy atom. The number of carboxylic acid groups (broad SMARTS) is 1. The van der Waals surface area contributed by atoms with Gasteiger partial charge in [0.1, 0.15) is 0 Å². The second-order valence-electron chi connectivity index (χ2n) is 4.13. The van der Waals surface area contributed by atoms with Crippen LogP contribution in [0, 0.1) is 5.41 Å². The van der Waals surface area contributed by atoms with Gasteiger partial charge in [-0.3, -0.25) is 4.79 Å². The molecule has 0 saturated heterocycles. The van der Waals surface area contributed by atoms with Gasteiger partial charge in [0.05, 0.1) is 5.41 Å². The molecule has 1 atom stereocenters. The Bertz CT molecular complexity index is 166. The lowest BCUT2D eigenvalue weighted by atomic mass is 9.82. The summed E-state index contributed by atoms with van der Waals surface area (Å²) in [5.41, 5.74) is 5.01. The highest BCUT2D eigenvalue weighted by Crippen LogP contribution is 2.23. The van der Waals surface area contributed by atoms with Crippen molar-refractivity contribution in [2.45, 2.75) is 52.5 Å². The van der Waals surface area contributed by atoms with Crippen molar-refractivity contribution < 1.29 is 9.90 Å². The van der Waals surface area contributed by atoms with E-state index in [0.717, 1.165) is 25.7 Å². The molecule has 0 rings (SSSR count). The average Bonchev–Trinajstić information content (AvgIpc) is 2.04. The lowest BCUT2D eigenvalue weighted by Crippen LogP contribution is -2.43. The monoisotopic (exact) mass is 187 g/mol. The summed E-state index contributed by atoms with van der Waals surface area (Å²) in [6.45, 7) is 5.49. The minimum absolute atomic E-state index is 0.239. The van der Waals surface area contributed by atoms with E-state index >= 15 is 0 Å². The minimum atomic E-state index is -0.809. The van der Waals surface area contributed by atoms with Gasteiger partial charge in [-0.05, 0) is 20.3 Å². The molecule has 0 saturated carbocycles. The summed E-state index contributed by atoms with van der Waals surface area (Å²) in [6, 6.07) is -0.239. The van der Waals surface area contributed by atoms with Crippen molar-refractivity contribution in [3.8, 4) is 0 Å². The molecule has 0 aliphatic heterocycles. The first-order chi connectivity index (χ1) is 5.92. The van der Waals surface area contributed by atoms with E-state index in [-0.39, 0.29) is 6.04 Å². The fourth-order valence-electron chi connectivity index (χ4n) is 1.13. The smallest absolute Gasteiger partial charge is 0.310 e. The van der Waals surface area contributed by atoms with E-state index in [1.54, 1.807) is 13.8 Å². The van der Waals surface area contributed by atoms with Gasteiger partial charge in [0.2, 0.25) is 0 Å². The molecule has 0 bridgehead atoms. The van der Waals surface area contributed by atoms with Crippen molar-refractivity contribution in [1.29, 1.82) is 0 Å². The summed E-state index contributed by atoms with van der Waals surface area (Å²) in [7, 11) is 0.